The molecule has 2 aliphatic heterocycles. The van der Waals surface area contributed by atoms with Crippen molar-refractivity contribution in [2.24, 2.45) is 17.6 Å². The molecule has 17 nitrogen and oxygen atoms in total. The maximum Gasteiger partial charge on any atom is 0.326 e. The summed E-state index contributed by atoms with van der Waals surface area (Å²) in [5.74, 6) is -6.39. The van der Waals surface area contributed by atoms with Gasteiger partial charge in [0.15, 0.2) is 0 Å². The zero-order valence-electron chi connectivity index (χ0n) is 28.6. The molecule has 0 aliphatic carbocycles. The van der Waals surface area contributed by atoms with E-state index < -0.39 is 83.7 Å². The molecule has 2 aliphatic rings. The predicted molar refractivity (Wildman–Crippen MR) is 171 cm³/mol. The zero-order chi connectivity index (χ0) is 36.9. The van der Waals surface area contributed by atoms with Gasteiger partial charge in [-0.25, -0.2) is 4.79 Å². The Balaban J connectivity index is 0.00000272. The highest BCUT2D eigenvalue weighted by Crippen LogP contribution is 2.23. The second-order valence-corrected chi connectivity index (χ2v) is 12.9. The lowest BCUT2D eigenvalue weighted by molar-refractivity contribution is -0.146. The van der Waals surface area contributed by atoms with Gasteiger partial charge in [0, 0.05) is 26.4 Å². The molecule has 5 amide bonds. The van der Waals surface area contributed by atoms with Gasteiger partial charge in [-0.2, -0.15) is 0 Å². The molecule has 0 saturated carbocycles. The molecule has 0 radical (unpaired) electrons. The van der Waals surface area contributed by atoms with Gasteiger partial charge in [-0.3, -0.25) is 33.6 Å². The van der Waals surface area contributed by atoms with Gasteiger partial charge in [-0.05, 0) is 57.3 Å². The van der Waals surface area contributed by atoms with Crippen LogP contribution >= 0.6 is 0 Å². The van der Waals surface area contributed by atoms with Gasteiger partial charge in [0.2, 0.25) is 29.5 Å². The number of aliphatic carboxylic acids is 3. The summed E-state index contributed by atoms with van der Waals surface area (Å²) in [7, 11) is 0. The number of carboxylic acid groups (broad SMARTS) is 3. The number of nitrogens with two attached hydrogens (primary N) is 1. The number of carbonyl (C=O) groups excluding carboxylic acids is 5. The molecule has 272 valence electrons. The molecule has 0 spiro atoms. The van der Waals surface area contributed by atoms with E-state index in [0.29, 0.717) is 25.7 Å². The largest absolute Gasteiger partial charge is 0.481 e. The highest BCUT2D eigenvalue weighted by molar-refractivity contribution is 5.97. The van der Waals surface area contributed by atoms with Gasteiger partial charge in [-0.1, -0.05) is 27.7 Å². The minimum absolute atomic E-state index is 0.0215. The van der Waals surface area contributed by atoms with Gasteiger partial charge in [0.05, 0.1) is 6.04 Å². The Kier molecular flexibility index (Phi) is 17.0. The third kappa shape index (κ3) is 13.1. The summed E-state index contributed by atoms with van der Waals surface area (Å²) in [6.45, 7) is 10.1. The third-order valence-corrected chi connectivity index (χ3v) is 7.90. The highest BCUT2D eigenvalue weighted by atomic mass is 16.4. The predicted octanol–water partition coefficient (Wildman–Crippen LogP) is -0.488. The van der Waals surface area contributed by atoms with Crippen molar-refractivity contribution >= 4 is 47.4 Å². The van der Waals surface area contributed by atoms with Gasteiger partial charge < -0.3 is 46.8 Å². The lowest BCUT2D eigenvalue weighted by atomic mass is 10.0. The molecule has 0 aromatic rings. The van der Waals surface area contributed by atoms with Gasteiger partial charge >= 0.3 is 11.9 Å². The summed E-state index contributed by atoms with van der Waals surface area (Å²) in [5.41, 5.74) is 5.61. The van der Waals surface area contributed by atoms with Crippen LogP contribution in [-0.4, -0.2) is 122 Å². The van der Waals surface area contributed by atoms with Gasteiger partial charge in [0.1, 0.15) is 30.2 Å². The van der Waals surface area contributed by atoms with E-state index in [1.165, 1.54) is 16.7 Å². The molecular formula is C31H52N6O11. The van der Waals surface area contributed by atoms with Gasteiger partial charge in [-0.15, -0.1) is 0 Å². The number of hydrogen-bond acceptors (Lipinski definition) is 9. The summed E-state index contributed by atoms with van der Waals surface area (Å²) in [6.07, 6.45) is 1.30. The van der Waals surface area contributed by atoms with Crippen molar-refractivity contribution in [1.82, 2.24) is 25.8 Å². The van der Waals surface area contributed by atoms with Crippen molar-refractivity contribution in [3.8, 4) is 0 Å². The molecule has 2 fully saturated rings. The number of rotatable bonds is 15. The van der Waals surface area contributed by atoms with E-state index in [9.17, 15) is 38.7 Å². The maximum atomic E-state index is 13.7. The lowest BCUT2D eigenvalue weighted by Crippen LogP contribution is -2.59. The SMILES string of the molecule is CC(=O)O.CC(C)C[C@H](NC(=O)[C@@H]1CCCN1C(=O)[C@@H](NC(=O)[C@@H]1CCCN1C(=O)[C@H](CCC(=O)O)NC(=O)[C@H](C)N)C(C)C)C(=O)O. The van der Waals surface area contributed by atoms with E-state index in [2.05, 4.69) is 16.0 Å². The molecule has 2 heterocycles. The lowest BCUT2D eigenvalue weighted by Gasteiger charge is -2.33. The topological polar surface area (TPSA) is 266 Å². The molecule has 17 heteroatoms. The van der Waals surface area contributed by atoms with Crippen molar-refractivity contribution in [2.45, 2.75) is 123 Å². The number of carboxylic acids is 3. The number of amides is 5. The summed E-state index contributed by atoms with van der Waals surface area (Å²) >= 11 is 0. The quantitative estimate of drug-likeness (QED) is 0.115. The van der Waals surface area contributed by atoms with Crippen molar-refractivity contribution in [1.29, 1.82) is 0 Å². The first kappa shape index (κ1) is 41.7. The van der Waals surface area contributed by atoms with Crippen molar-refractivity contribution in [3.63, 3.8) is 0 Å². The molecule has 0 unspecified atom stereocenters. The van der Waals surface area contributed by atoms with Crippen molar-refractivity contribution in [2.75, 3.05) is 13.1 Å². The Morgan fingerprint density at radius 1 is 0.750 bits per heavy atom. The fourth-order valence-corrected chi connectivity index (χ4v) is 5.54. The summed E-state index contributed by atoms with van der Waals surface area (Å²) in [5, 5.41) is 33.9. The summed E-state index contributed by atoms with van der Waals surface area (Å²) in [4.78, 5) is 101. The fourth-order valence-electron chi connectivity index (χ4n) is 5.54. The Hall–Kier alpha value is -4.28. The average Bonchev–Trinajstić information content (AvgIpc) is 3.66. The monoisotopic (exact) mass is 684 g/mol. The molecule has 8 N–H and O–H groups in total. The van der Waals surface area contributed by atoms with Gasteiger partial charge in [0.25, 0.3) is 5.97 Å². The number of likely N-dealkylation sites (tertiary alicyclic amines) is 2. The van der Waals surface area contributed by atoms with E-state index in [1.54, 1.807) is 13.8 Å². The van der Waals surface area contributed by atoms with E-state index in [1.807, 2.05) is 13.8 Å². The van der Waals surface area contributed by atoms with Crippen LogP contribution in [0.4, 0.5) is 0 Å². The minimum Gasteiger partial charge on any atom is -0.481 e. The fraction of sp³-hybridized carbons (Fsp3) is 0.742. The minimum atomic E-state index is -1.20. The Labute approximate surface area is 280 Å². The number of hydrogen-bond donors (Lipinski definition) is 7. The number of carbonyl (C=O) groups is 8. The normalized spacial score (nSPS) is 19.8. The smallest absolute Gasteiger partial charge is 0.326 e. The first-order valence-corrected chi connectivity index (χ1v) is 16.2. The van der Waals surface area contributed by atoms with Crippen LogP contribution in [0.15, 0.2) is 0 Å². The molecule has 2 saturated heterocycles. The van der Waals surface area contributed by atoms with E-state index in [-0.39, 0.29) is 44.2 Å². The van der Waals surface area contributed by atoms with E-state index in [4.69, 9.17) is 20.7 Å². The Bertz CT molecular complexity index is 1190. The molecule has 0 bridgehead atoms. The zero-order valence-corrected chi connectivity index (χ0v) is 28.6. The molecule has 0 aromatic heterocycles. The second kappa shape index (κ2) is 19.5. The Morgan fingerprint density at radius 3 is 1.65 bits per heavy atom. The van der Waals surface area contributed by atoms with Crippen LogP contribution in [0, 0.1) is 11.8 Å². The first-order chi connectivity index (χ1) is 22.3. The number of nitrogens with zero attached hydrogens (tertiary/aromatic N) is 2. The molecule has 2 rings (SSSR count). The van der Waals surface area contributed by atoms with Crippen LogP contribution in [0.3, 0.4) is 0 Å². The van der Waals surface area contributed by atoms with E-state index >= 15 is 0 Å². The summed E-state index contributed by atoms with van der Waals surface area (Å²) in [6, 6.07) is -6.10. The second-order valence-electron chi connectivity index (χ2n) is 12.9. The van der Waals surface area contributed by atoms with Crippen LogP contribution in [0.1, 0.15) is 86.5 Å². The van der Waals surface area contributed by atoms with Crippen LogP contribution in [0.5, 0.6) is 0 Å². The van der Waals surface area contributed by atoms with Crippen LogP contribution < -0.4 is 21.7 Å². The Morgan fingerprint density at radius 2 is 1.23 bits per heavy atom. The highest BCUT2D eigenvalue weighted by Gasteiger charge is 2.42. The van der Waals surface area contributed by atoms with Crippen LogP contribution in [0.25, 0.3) is 0 Å². The molecule has 48 heavy (non-hydrogen) atoms. The molecule has 6 atom stereocenters. The standard InChI is InChI=1S/C29H48N6O9.C2H4O2/c1-15(2)14-19(29(43)44)32-25(39)20-8-7-13-35(20)28(42)23(16(3)4)33-26(40)21-9-6-12-34(21)27(41)18(10-11-22(36)37)31-24(38)17(5)30;1-2(3)4/h15-21,23H,6-14,30H2,1-5H3,(H,31,38)(H,32,39)(H,33,40)(H,36,37)(H,43,44);1H3,(H,3,4)/t17-,18-,19-,20-,21-,23-;/m0./s1. The molecular weight excluding hydrogens is 632 g/mol. The summed E-state index contributed by atoms with van der Waals surface area (Å²) < 4.78 is 0. The number of nitrogens with one attached hydrogen (secondary N) is 3. The maximum absolute atomic E-state index is 13.7. The van der Waals surface area contributed by atoms with E-state index in [0.717, 1.165) is 6.92 Å². The van der Waals surface area contributed by atoms with Crippen molar-refractivity contribution < 1.29 is 53.7 Å². The third-order valence-electron chi connectivity index (χ3n) is 7.90. The van der Waals surface area contributed by atoms with Crippen molar-refractivity contribution in [3.05, 3.63) is 0 Å². The first-order valence-electron chi connectivity index (χ1n) is 16.2. The average molecular weight is 685 g/mol. The molecule has 0 aromatic carbocycles. The van der Waals surface area contributed by atoms with Crippen LogP contribution in [-0.2, 0) is 38.4 Å². The van der Waals surface area contributed by atoms with Crippen LogP contribution in [0.2, 0.25) is 0 Å².